The van der Waals surface area contributed by atoms with Gasteiger partial charge in [0, 0.05) is 5.56 Å². The highest BCUT2D eigenvalue weighted by atomic mass is 16.6. The summed E-state index contributed by atoms with van der Waals surface area (Å²) in [6.45, 7) is 5.67. The van der Waals surface area contributed by atoms with Gasteiger partial charge >= 0.3 is 5.97 Å². The molecule has 0 aliphatic heterocycles. The van der Waals surface area contributed by atoms with Gasteiger partial charge in [0.1, 0.15) is 24.2 Å². The first kappa shape index (κ1) is 18.4. The predicted octanol–water partition coefficient (Wildman–Crippen LogP) is 3.85. The molecule has 0 fully saturated rings. The molecule has 5 nitrogen and oxygen atoms in total. The minimum absolute atomic E-state index is 0.232. The molecule has 25 heavy (non-hydrogen) atoms. The van der Waals surface area contributed by atoms with Crippen LogP contribution < -0.4 is 4.74 Å². The van der Waals surface area contributed by atoms with E-state index in [9.17, 15) is 14.4 Å². The van der Waals surface area contributed by atoms with Gasteiger partial charge in [-0.2, -0.15) is 0 Å². The monoisotopic (exact) mass is 340 g/mol. The third-order valence-electron chi connectivity index (χ3n) is 3.28. The van der Waals surface area contributed by atoms with Crippen molar-refractivity contribution in [3.8, 4) is 5.75 Å². The fraction of sp³-hybridized carbons (Fsp3) is 0.250. The number of ether oxygens (including phenoxy) is 2. The van der Waals surface area contributed by atoms with Gasteiger partial charge in [0.05, 0.1) is 11.1 Å². The molecule has 0 spiro atoms. The van der Waals surface area contributed by atoms with Crippen molar-refractivity contribution in [2.75, 3.05) is 0 Å². The molecule has 0 bridgehead atoms. The molecule has 0 heterocycles. The van der Waals surface area contributed by atoms with E-state index in [4.69, 9.17) is 9.47 Å². The number of carbonyl (C=O) groups excluding carboxylic acids is 3. The molecule has 0 aromatic heterocycles. The van der Waals surface area contributed by atoms with E-state index in [1.54, 1.807) is 36.4 Å². The van der Waals surface area contributed by atoms with Gasteiger partial charge in [-0.25, -0.2) is 4.79 Å². The normalized spacial score (nSPS) is 10.8. The van der Waals surface area contributed by atoms with Crippen molar-refractivity contribution < 1.29 is 23.9 Å². The predicted molar refractivity (Wildman–Crippen MR) is 93.2 cm³/mol. The molecule has 2 rings (SSSR count). The van der Waals surface area contributed by atoms with Crippen molar-refractivity contribution in [2.45, 2.75) is 33.0 Å². The second kappa shape index (κ2) is 7.75. The SMILES string of the molecule is CC(C)(C)OC(=O)c1ccc(COc2ccc(C=O)cc2C=O)cc1. The summed E-state index contributed by atoms with van der Waals surface area (Å²) in [4.78, 5) is 33.8. The summed E-state index contributed by atoms with van der Waals surface area (Å²) in [6, 6.07) is 11.5. The van der Waals surface area contributed by atoms with Crippen molar-refractivity contribution in [3.63, 3.8) is 0 Å². The summed E-state index contributed by atoms with van der Waals surface area (Å²) in [5.74, 6) is 0.0180. The summed E-state index contributed by atoms with van der Waals surface area (Å²) >= 11 is 0. The van der Waals surface area contributed by atoms with Crippen LogP contribution in [0, 0.1) is 0 Å². The Bertz CT molecular complexity index is 770. The zero-order valence-corrected chi connectivity index (χ0v) is 14.4. The van der Waals surface area contributed by atoms with Crippen LogP contribution in [0.5, 0.6) is 5.75 Å². The van der Waals surface area contributed by atoms with Gasteiger partial charge < -0.3 is 9.47 Å². The minimum Gasteiger partial charge on any atom is -0.488 e. The van der Waals surface area contributed by atoms with Crippen molar-refractivity contribution in [1.29, 1.82) is 0 Å². The van der Waals surface area contributed by atoms with Gasteiger partial charge in [0.25, 0.3) is 0 Å². The lowest BCUT2D eigenvalue weighted by Gasteiger charge is -2.19. The molecule has 2 aromatic carbocycles. The maximum Gasteiger partial charge on any atom is 0.338 e. The molecule has 0 aliphatic rings. The number of esters is 1. The molecule has 2 aromatic rings. The third kappa shape index (κ3) is 5.28. The summed E-state index contributed by atoms with van der Waals surface area (Å²) in [5, 5.41) is 0. The number of benzene rings is 2. The van der Waals surface area contributed by atoms with Gasteiger partial charge in [0.2, 0.25) is 0 Å². The Labute approximate surface area is 146 Å². The summed E-state index contributed by atoms with van der Waals surface area (Å²) in [5.41, 5.74) is 1.48. The lowest BCUT2D eigenvalue weighted by atomic mass is 10.1. The first-order chi connectivity index (χ1) is 11.8. The Balaban J connectivity index is 2.04. The van der Waals surface area contributed by atoms with E-state index < -0.39 is 5.60 Å². The number of rotatable bonds is 6. The van der Waals surface area contributed by atoms with Gasteiger partial charge in [-0.15, -0.1) is 0 Å². The average Bonchev–Trinajstić information content (AvgIpc) is 2.58. The van der Waals surface area contributed by atoms with Crippen LogP contribution >= 0.6 is 0 Å². The van der Waals surface area contributed by atoms with Crippen LogP contribution in [0.15, 0.2) is 42.5 Å². The van der Waals surface area contributed by atoms with Crippen LogP contribution in [0.3, 0.4) is 0 Å². The topological polar surface area (TPSA) is 69.7 Å². The van der Waals surface area contributed by atoms with Crippen molar-refractivity contribution in [1.82, 2.24) is 0 Å². The standard InChI is InChI=1S/C20H20O5/c1-20(2,3)25-19(23)16-7-4-14(5-8-16)13-24-18-9-6-15(11-21)10-17(18)12-22/h4-12H,13H2,1-3H3. The molecule has 0 unspecified atom stereocenters. The Morgan fingerprint density at radius 3 is 2.24 bits per heavy atom. The lowest BCUT2D eigenvalue weighted by Crippen LogP contribution is -2.23. The molecule has 0 N–H and O–H groups in total. The van der Waals surface area contributed by atoms with E-state index in [0.717, 1.165) is 5.56 Å². The molecule has 0 saturated carbocycles. The van der Waals surface area contributed by atoms with Crippen LogP contribution in [0.25, 0.3) is 0 Å². The highest BCUT2D eigenvalue weighted by Crippen LogP contribution is 2.20. The number of aldehydes is 2. The van der Waals surface area contributed by atoms with E-state index in [1.165, 1.54) is 6.07 Å². The smallest absolute Gasteiger partial charge is 0.338 e. The lowest BCUT2D eigenvalue weighted by molar-refractivity contribution is 0.00693. The van der Waals surface area contributed by atoms with Gasteiger partial charge in [-0.1, -0.05) is 12.1 Å². The number of hydrogen-bond donors (Lipinski definition) is 0. The van der Waals surface area contributed by atoms with E-state index >= 15 is 0 Å². The maximum atomic E-state index is 12.0. The fourth-order valence-electron chi connectivity index (χ4n) is 2.10. The van der Waals surface area contributed by atoms with Gasteiger partial charge in [0.15, 0.2) is 6.29 Å². The second-order valence-electron chi connectivity index (χ2n) is 6.52. The molecular formula is C20H20O5. The zero-order valence-electron chi connectivity index (χ0n) is 14.4. The van der Waals surface area contributed by atoms with Crippen molar-refractivity contribution in [3.05, 3.63) is 64.7 Å². The molecule has 5 heteroatoms. The van der Waals surface area contributed by atoms with E-state index in [-0.39, 0.29) is 12.6 Å². The van der Waals surface area contributed by atoms with Crippen LogP contribution in [0.2, 0.25) is 0 Å². The summed E-state index contributed by atoms with van der Waals surface area (Å²) in [6.07, 6.45) is 1.32. The first-order valence-electron chi connectivity index (χ1n) is 7.82. The fourth-order valence-corrected chi connectivity index (χ4v) is 2.10. The molecule has 0 saturated heterocycles. The van der Waals surface area contributed by atoms with Crippen LogP contribution in [0.1, 0.15) is 57.4 Å². The molecule has 0 atom stereocenters. The third-order valence-corrected chi connectivity index (χ3v) is 3.28. The quantitative estimate of drug-likeness (QED) is 0.590. The first-order valence-corrected chi connectivity index (χ1v) is 7.82. The molecule has 130 valence electrons. The molecule has 0 aliphatic carbocycles. The zero-order chi connectivity index (χ0) is 18.4. The summed E-state index contributed by atoms with van der Waals surface area (Å²) in [7, 11) is 0. The molecular weight excluding hydrogens is 320 g/mol. The van der Waals surface area contributed by atoms with Crippen molar-refractivity contribution >= 4 is 18.5 Å². The van der Waals surface area contributed by atoms with Gasteiger partial charge in [-0.3, -0.25) is 9.59 Å². The highest BCUT2D eigenvalue weighted by molar-refractivity contribution is 5.89. The summed E-state index contributed by atoms with van der Waals surface area (Å²) < 4.78 is 10.9. The Morgan fingerprint density at radius 2 is 1.68 bits per heavy atom. The second-order valence-corrected chi connectivity index (χ2v) is 6.52. The van der Waals surface area contributed by atoms with Crippen LogP contribution in [0.4, 0.5) is 0 Å². The highest BCUT2D eigenvalue weighted by Gasteiger charge is 2.17. The number of hydrogen-bond acceptors (Lipinski definition) is 5. The minimum atomic E-state index is -0.544. The molecule has 0 amide bonds. The Kier molecular flexibility index (Phi) is 5.70. The van der Waals surface area contributed by atoms with Gasteiger partial charge in [-0.05, 0) is 56.7 Å². The largest absolute Gasteiger partial charge is 0.488 e. The maximum absolute atomic E-state index is 12.0. The average molecular weight is 340 g/mol. The number of carbonyl (C=O) groups is 3. The molecule has 0 radical (unpaired) electrons. The van der Waals surface area contributed by atoms with Crippen LogP contribution in [-0.4, -0.2) is 24.1 Å². The Morgan fingerprint density at radius 1 is 1.00 bits per heavy atom. The van der Waals surface area contributed by atoms with E-state index in [2.05, 4.69) is 0 Å². The van der Waals surface area contributed by atoms with Crippen LogP contribution in [-0.2, 0) is 11.3 Å². The van der Waals surface area contributed by atoms with E-state index in [1.807, 2.05) is 20.8 Å². The van der Waals surface area contributed by atoms with Crippen molar-refractivity contribution in [2.24, 2.45) is 0 Å². The Hall–Kier alpha value is -2.95. The van der Waals surface area contributed by atoms with E-state index in [0.29, 0.717) is 35.0 Å².